The quantitative estimate of drug-likeness (QED) is 0.254. The third kappa shape index (κ3) is 6.42. The lowest BCUT2D eigenvalue weighted by molar-refractivity contribution is -0.130. The first-order valence-electron chi connectivity index (χ1n) is 12.0. The Balaban J connectivity index is 1.58. The Bertz CT molecular complexity index is 1370. The predicted molar refractivity (Wildman–Crippen MR) is 143 cm³/mol. The zero-order valence-electron chi connectivity index (χ0n) is 20.9. The highest BCUT2D eigenvalue weighted by molar-refractivity contribution is 6.43. The van der Waals surface area contributed by atoms with Crippen LogP contribution in [0.15, 0.2) is 61.3 Å². The number of carbonyl (C=O) groups is 3. The molecule has 9 nitrogen and oxygen atoms in total. The molecule has 0 radical (unpaired) electrons. The number of ether oxygens (including phenoxy) is 2. The molecule has 1 aromatic heterocycles. The van der Waals surface area contributed by atoms with Gasteiger partial charge in [-0.1, -0.05) is 42.4 Å². The van der Waals surface area contributed by atoms with Crippen LogP contribution in [0.1, 0.15) is 33.0 Å². The minimum Gasteiger partial charge on any atom is -0.496 e. The van der Waals surface area contributed by atoms with Crippen LogP contribution in [0.3, 0.4) is 0 Å². The van der Waals surface area contributed by atoms with E-state index >= 15 is 0 Å². The number of hydrogen-bond donors (Lipinski definition) is 1. The number of rotatable bonds is 9. The van der Waals surface area contributed by atoms with E-state index in [1.807, 2.05) is 0 Å². The van der Waals surface area contributed by atoms with E-state index in [2.05, 4.69) is 21.9 Å². The van der Waals surface area contributed by atoms with Crippen LogP contribution in [0.2, 0.25) is 5.02 Å². The Labute approximate surface area is 225 Å². The second-order valence-electron chi connectivity index (χ2n) is 8.55. The number of Topliss-reactive ketones (excluding diaryl/α,β-unsaturated/α-hetero) is 1. The predicted octanol–water partition coefficient (Wildman–Crippen LogP) is 3.49. The zero-order chi connectivity index (χ0) is 27.1. The number of amides is 2. The van der Waals surface area contributed by atoms with Gasteiger partial charge in [0.1, 0.15) is 11.6 Å². The Morgan fingerprint density at radius 3 is 2.63 bits per heavy atom. The van der Waals surface area contributed by atoms with Crippen LogP contribution >= 0.6 is 11.6 Å². The summed E-state index contributed by atoms with van der Waals surface area (Å²) in [5.41, 5.74) is 2.81. The van der Waals surface area contributed by atoms with E-state index in [9.17, 15) is 14.4 Å². The molecule has 1 N–H and O–H groups in total. The summed E-state index contributed by atoms with van der Waals surface area (Å²) < 4.78 is 10.8. The SMILES string of the molecule is C=CC(=O)Nc1ccc(OC)c(Cc2ncc(Cl)c(Cc3ccccc3C(=O)C(=O)N3CCOCC3)n2)c1. The van der Waals surface area contributed by atoms with Crippen LogP contribution in [-0.4, -0.2) is 65.9 Å². The van der Waals surface area contributed by atoms with E-state index < -0.39 is 11.7 Å². The van der Waals surface area contributed by atoms with Crippen LogP contribution < -0.4 is 10.1 Å². The molecule has 0 aliphatic carbocycles. The van der Waals surface area contributed by atoms with Gasteiger partial charge in [-0.05, 0) is 29.8 Å². The number of morpholine rings is 1. The Kier molecular flexibility index (Phi) is 8.83. The number of carbonyl (C=O) groups excluding carboxylic acids is 3. The molecule has 0 bridgehead atoms. The van der Waals surface area contributed by atoms with Crippen molar-refractivity contribution < 1.29 is 23.9 Å². The first-order valence-corrected chi connectivity index (χ1v) is 12.4. The lowest BCUT2D eigenvalue weighted by atomic mass is 9.98. The molecule has 1 aliphatic rings. The van der Waals surface area contributed by atoms with Gasteiger partial charge >= 0.3 is 0 Å². The van der Waals surface area contributed by atoms with E-state index in [1.54, 1.807) is 49.6 Å². The monoisotopic (exact) mass is 534 g/mol. The number of hydrogen-bond acceptors (Lipinski definition) is 7. The fraction of sp³-hybridized carbons (Fsp3) is 0.250. The van der Waals surface area contributed by atoms with Crippen LogP contribution in [0.25, 0.3) is 0 Å². The first kappa shape index (κ1) is 27.0. The van der Waals surface area contributed by atoms with E-state index in [0.29, 0.717) is 71.8 Å². The number of halogens is 1. The highest BCUT2D eigenvalue weighted by Gasteiger charge is 2.26. The molecule has 0 unspecified atom stereocenters. The summed E-state index contributed by atoms with van der Waals surface area (Å²) in [4.78, 5) is 48.2. The molecule has 4 rings (SSSR count). The number of nitrogens with one attached hydrogen (secondary N) is 1. The molecular formula is C28H27ClN4O5. The molecule has 0 saturated carbocycles. The number of methoxy groups -OCH3 is 1. The summed E-state index contributed by atoms with van der Waals surface area (Å²) in [5.74, 6) is -0.365. The molecule has 2 amide bonds. The zero-order valence-corrected chi connectivity index (χ0v) is 21.7. The summed E-state index contributed by atoms with van der Waals surface area (Å²) in [6, 6.07) is 12.2. The minimum atomic E-state index is -0.573. The average molecular weight is 535 g/mol. The largest absolute Gasteiger partial charge is 0.496 e. The molecule has 0 atom stereocenters. The van der Waals surface area contributed by atoms with Gasteiger partial charge < -0.3 is 19.7 Å². The Hall–Kier alpha value is -4.08. The summed E-state index contributed by atoms with van der Waals surface area (Å²) >= 11 is 6.44. The summed E-state index contributed by atoms with van der Waals surface area (Å²) in [5, 5.41) is 3.07. The normalized spacial score (nSPS) is 13.1. The lowest BCUT2D eigenvalue weighted by Gasteiger charge is -2.26. The van der Waals surface area contributed by atoms with Crippen molar-refractivity contribution in [1.82, 2.24) is 14.9 Å². The van der Waals surface area contributed by atoms with Crippen LogP contribution in [0.5, 0.6) is 5.75 Å². The average Bonchev–Trinajstić information content (AvgIpc) is 2.95. The Morgan fingerprint density at radius 2 is 1.89 bits per heavy atom. The van der Waals surface area contributed by atoms with Crippen molar-refractivity contribution in [1.29, 1.82) is 0 Å². The molecule has 38 heavy (non-hydrogen) atoms. The summed E-state index contributed by atoms with van der Waals surface area (Å²) in [6.07, 6.45) is 3.24. The van der Waals surface area contributed by atoms with E-state index in [-0.39, 0.29) is 12.3 Å². The van der Waals surface area contributed by atoms with Crippen LogP contribution in [0, 0.1) is 0 Å². The van der Waals surface area contributed by atoms with E-state index in [4.69, 9.17) is 21.1 Å². The highest BCUT2D eigenvalue weighted by Crippen LogP contribution is 2.26. The smallest absolute Gasteiger partial charge is 0.295 e. The van der Waals surface area contributed by atoms with Crippen LogP contribution in [0.4, 0.5) is 5.69 Å². The summed E-state index contributed by atoms with van der Waals surface area (Å²) in [6.45, 7) is 5.06. The van der Waals surface area contributed by atoms with Crippen LogP contribution in [-0.2, 0) is 27.2 Å². The van der Waals surface area contributed by atoms with Crippen molar-refractivity contribution in [2.24, 2.45) is 0 Å². The van der Waals surface area contributed by atoms with Gasteiger partial charge in [-0.15, -0.1) is 0 Å². The van der Waals surface area contributed by atoms with Crippen molar-refractivity contribution in [2.75, 3.05) is 38.7 Å². The maximum absolute atomic E-state index is 13.1. The molecular weight excluding hydrogens is 508 g/mol. The van der Waals surface area contributed by atoms with Crippen molar-refractivity contribution in [3.8, 4) is 5.75 Å². The molecule has 1 aliphatic heterocycles. The fourth-order valence-corrected chi connectivity index (χ4v) is 4.27. The third-order valence-corrected chi connectivity index (χ3v) is 6.38. The topological polar surface area (TPSA) is 111 Å². The first-order chi connectivity index (χ1) is 18.4. The summed E-state index contributed by atoms with van der Waals surface area (Å²) in [7, 11) is 1.56. The maximum atomic E-state index is 13.1. The van der Waals surface area contributed by atoms with Gasteiger partial charge in [0.2, 0.25) is 5.91 Å². The van der Waals surface area contributed by atoms with Gasteiger partial charge in [0, 0.05) is 48.9 Å². The third-order valence-electron chi connectivity index (χ3n) is 6.06. The van der Waals surface area contributed by atoms with Gasteiger partial charge in [-0.25, -0.2) is 9.97 Å². The number of ketones is 1. The molecule has 1 fully saturated rings. The van der Waals surface area contributed by atoms with Gasteiger partial charge in [-0.3, -0.25) is 14.4 Å². The highest BCUT2D eigenvalue weighted by atomic mass is 35.5. The molecule has 2 aromatic carbocycles. The number of nitrogens with zero attached hydrogens (tertiary/aromatic N) is 3. The van der Waals surface area contributed by atoms with Gasteiger partial charge in [0.25, 0.3) is 11.7 Å². The number of benzene rings is 2. The van der Waals surface area contributed by atoms with E-state index in [0.717, 1.165) is 5.56 Å². The second-order valence-corrected chi connectivity index (χ2v) is 8.95. The van der Waals surface area contributed by atoms with Crippen molar-refractivity contribution in [3.63, 3.8) is 0 Å². The minimum absolute atomic E-state index is 0.235. The molecule has 1 saturated heterocycles. The number of aromatic nitrogens is 2. The lowest BCUT2D eigenvalue weighted by Crippen LogP contribution is -2.44. The van der Waals surface area contributed by atoms with Crippen molar-refractivity contribution in [2.45, 2.75) is 12.8 Å². The maximum Gasteiger partial charge on any atom is 0.295 e. The standard InChI is InChI=1S/C28H27ClN4O5/c1-3-26(34)31-20-8-9-24(37-2)19(14-20)16-25-30-17-22(29)23(32-25)15-18-6-4-5-7-21(18)27(35)28(36)33-10-12-38-13-11-33/h3-9,14,17H,1,10-13,15-16H2,2H3,(H,31,34). The second kappa shape index (κ2) is 12.4. The molecule has 2 heterocycles. The van der Waals surface area contributed by atoms with E-state index in [1.165, 1.54) is 17.2 Å². The molecule has 3 aromatic rings. The molecule has 196 valence electrons. The van der Waals surface area contributed by atoms with Crippen molar-refractivity contribution >= 4 is 34.9 Å². The van der Waals surface area contributed by atoms with Gasteiger partial charge in [-0.2, -0.15) is 0 Å². The number of anilines is 1. The molecule has 10 heteroatoms. The fourth-order valence-electron chi connectivity index (χ4n) is 4.11. The Morgan fingerprint density at radius 1 is 1.13 bits per heavy atom. The van der Waals surface area contributed by atoms with Gasteiger partial charge in [0.05, 0.1) is 31.0 Å². The van der Waals surface area contributed by atoms with Crippen molar-refractivity contribution in [3.05, 3.63) is 94.5 Å². The molecule has 0 spiro atoms. The van der Waals surface area contributed by atoms with Gasteiger partial charge in [0.15, 0.2) is 0 Å².